The molecule has 0 unspecified atom stereocenters. The van der Waals surface area contributed by atoms with Crippen molar-refractivity contribution in [1.29, 1.82) is 0 Å². The van der Waals surface area contributed by atoms with Gasteiger partial charge in [-0.2, -0.15) is 0 Å². The summed E-state index contributed by atoms with van der Waals surface area (Å²) in [4.78, 5) is 17.2. The summed E-state index contributed by atoms with van der Waals surface area (Å²) in [5.41, 5.74) is 0. The fourth-order valence-electron chi connectivity index (χ4n) is 2.43. The number of imidazole rings is 1. The van der Waals surface area contributed by atoms with Crippen LogP contribution >= 0.6 is 0 Å². The summed E-state index contributed by atoms with van der Waals surface area (Å²) in [5, 5.41) is 18.7. The van der Waals surface area contributed by atoms with Crippen molar-refractivity contribution in [2.45, 2.75) is 45.0 Å². The first-order chi connectivity index (χ1) is 8.49. The Morgan fingerprint density at radius 1 is 1.61 bits per heavy atom. The molecule has 1 aliphatic rings. The van der Waals surface area contributed by atoms with Crippen molar-refractivity contribution in [3.63, 3.8) is 0 Å². The lowest BCUT2D eigenvalue weighted by Gasteiger charge is -2.21. The third-order valence-corrected chi connectivity index (χ3v) is 3.32. The second-order valence-electron chi connectivity index (χ2n) is 5.02. The van der Waals surface area contributed by atoms with Gasteiger partial charge in [0.05, 0.1) is 12.6 Å². The number of nitrogens with zero attached hydrogens (tertiary/aromatic N) is 3. The van der Waals surface area contributed by atoms with Gasteiger partial charge in [0.2, 0.25) is 0 Å². The molecule has 2 N–H and O–H groups in total. The van der Waals surface area contributed by atoms with Gasteiger partial charge in [-0.15, -0.1) is 0 Å². The minimum absolute atomic E-state index is 0.289. The number of aliphatic hydroxyl groups is 1. The van der Waals surface area contributed by atoms with Crippen molar-refractivity contribution in [2.24, 2.45) is 0 Å². The molecule has 0 radical (unpaired) electrons. The summed E-state index contributed by atoms with van der Waals surface area (Å²) in [6.45, 7) is 4.96. The molecule has 0 aromatic carbocycles. The topological polar surface area (TPSA) is 78.6 Å². The number of carboxylic acids is 1. The molecular formula is C12H19N3O3. The SMILES string of the molecule is CC(C)n1ccnc1CN1C[C@H](O)C[C@H]1C(=O)O. The molecule has 2 heterocycles. The van der Waals surface area contributed by atoms with Crippen molar-refractivity contribution in [1.82, 2.24) is 14.5 Å². The van der Waals surface area contributed by atoms with Gasteiger partial charge in [0, 0.05) is 31.4 Å². The number of hydrogen-bond donors (Lipinski definition) is 2. The summed E-state index contributed by atoms with van der Waals surface area (Å²) in [7, 11) is 0. The van der Waals surface area contributed by atoms with Crippen molar-refractivity contribution < 1.29 is 15.0 Å². The van der Waals surface area contributed by atoms with Crippen LogP contribution in [0.3, 0.4) is 0 Å². The normalized spacial score (nSPS) is 24.9. The quantitative estimate of drug-likeness (QED) is 0.816. The molecule has 100 valence electrons. The Morgan fingerprint density at radius 3 is 2.94 bits per heavy atom. The summed E-state index contributed by atoms with van der Waals surface area (Å²) >= 11 is 0. The molecule has 1 fully saturated rings. The molecule has 0 saturated carbocycles. The van der Waals surface area contributed by atoms with Crippen LogP contribution < -0.4 is 0 Å². The minimum atomic E-state index is -0.880. The van der Waals surface area contributed by atoms with E-state index in [1.54, 1.807) is 11.1 Å². The van der Waals surface area contributed by atoms with Crippen LogP contribution in [0.4, 0.5) is 0 Å². The van der Waals surface area contributed by atoms with E-state index >= 15 is 0 Å². The number of aromatic nitrogens is 2. The molecule has 1 aliphatic heterocycles. The van der Waals surface area contributed by atoms with E-state index in [0.717, 1.165) is 5.82 Å². The van der Waals surface area contributed by atoms with Gasteiger partial charge in [0.25, 0.3) is 0 Å². The Balaban J connectivity index is 2.12. The molecule has 6 nitrogen and oxygen atoms in total. The summed E-state index contributed by atoms with van der Waals surface area (Å²) in [6, 6.07) is -0.324. The first-order valence-electron chi connectivity index (χ1n) is 6.15. The van der Waals surface area contributed by atoms with Gasteiger partial charge >= 0.3 is 5.97 Å². The number of aliphatic carboxylic acids is 1. The second-order valence-corrected chi connectivity index (χ2v) is 5.02. The largest absolute Gasteiger partial charge is 0.480 e. The van der Waals surface area contributed by atoms with E-state index in [0.29, 0.717) is 19.1 Å². The van der Waals surface area contributed by atoms with Crippen molar-refractivity contribution in [3.8, 4) is 0 Å². The predicted octanol–water partition coefficient (Wildman–Crippen LogP) is 0.484. The molecule has 0 aliphatic carbocycles. The fraction of sp³-hybridized carbons (Fsp3) is 0.667. The van der Waals surface area contributed by atoms with Crippen molar-refractivity contribution >= 4 is 5.97 Å². The number of hydrogen-bond acceptors (Lipinski definition) is 4. The number of likely N-dealkylation sites (tertiary alicyclic amines) is 1. The standard InChI is InChI=1S/C12H19N3O3/c1-8(2)15-4-3-13-11(15)7-14-6-9(16)5-10(14)12(17)18/h3-4,8-10,16H,5-7H2,1-2H3,(H,17,18)/t9-,10+/m1/s1. The lowest BCUT2D eigenvalue weighted by atomic mass is 10.2. The smallest absolute Gasteiger partial charge is 0.321 e. The zero-order valence-corrected chi connectivity index (χ0v) is 10.7. The number of β-amino-alcohol motifs (C(OH)–C–C–N with tert-alkyl or cyclic N) is 1. The van der Waals surface area contributed by atoms with Crippen LogP contribution in [-0.4, -0.2) is 49.3 Å². The van der Waals surface area contributed by atoms with Crippen LogP contribution in [0.15, 0.2) is 12.4 Å². The predicted molar refractivity (Wildman–Crippen MR) is 65.1 cm³/mol. The lowest BCUT2D eigenvalue weighted by Crippen LogP contribution is -2.36. The van der Waals surface area contributed by atoms with Crippen LogP contribution in [0.2, 0.25) is 0 Å². The number of carbonyl (C=O) groups is 1. The number of aliphatic hydroxyl groups excluding tert-OH is 1. The zero-order valence-electron chi connectivity index (χ0n) is 10.7. The third kappa shape index (κ3) is 2.54. The molecule has 18 heavy (non-hydrogen) atoms. The molecule has 0 spiro atoms. The molecule has 2 atom stereocenters. The third-order valence-electron chi connectivity index (χ3n) is 3.32. The van der Waals surface area contributed by atoms with Crippen LogP contribution in [0, 0.1) is 0 Å². The molecule has 0 amide bonds. The number of carboxylic acid groups (broad SMARTS) is 1. The Morgan fingerprint density at radius 2 is 2.33 bits per heavy atom. The highest BCUT2D eigenvalue weighted by Gasteiger charge is 2.36. The first-order valence-corrected chi connectivity index (χ1v) is 6.15. The highest BCUT2D eigenvalue weighted by Crippen LogP contribution is 2.21. The molecule has 2 rings (SSSR count). The Labute approximate surface area is 106 Å². The van der Waals surface area contributed by atoms with E-state index in [1.165, 1.54) is 0 Å². The van der Waals surface area contributed by atoms with E-state index < -0.39 is 18.1 Å². The average molecular weight is 253 g/mol. The maximum absolute atomic E-state index is 11.1. The average Bonchev–Trinajstić information content (AvgIpc) is 2.85. The van der Waals surface area contributed by atoms with Gasteiger partial charge in [-0.3, -0.25) is 9.69 Å². The maximum atomic E-state index is 11.1. The van der Waals surface area contributed by atoms with E-state index in [9.17, 15) is 9.90 Å². The van der Waals surface area contributed by atoms with E-state index in [4.69, 9.17) is 5.11 Å². The Kier molecular flexibility index (Phi) is 3.68. The molecule has 1 saturated heterocycles. The van der Waals surface area contributed by atoms with E-state index in [2.05, 4.69) is 18.8 Å². The van der Waals surface area contributed by atoms with Crippen LogP contribution in [0.25, 0.3) is 0 Å². The summed E-state index contributed by atoms with van der Waals surface area (Å²) in [5.74, 6) is -0.0421. The summed E-state index contributed by atoms with van der Waals surface area (Å²) in [6.07, 6.45) is 3.34. The number of rotatable bonds is 4. The van der Waals surface area contributed by atoms with E-state index in [-0.39, 0.29) is 6.42 Å². The Hall–Kier alpha value is -1.40. The lowest BCUT2D eigenvalue weighted by molar-refractivity contribution is -0.142. The Bertz CT molecular complexity index is 430. The second kappa shape index (κ2) is 5.07. The summed E-state index contributed by atoms with van der Waals surface area (Å²) < 4.78 is 2.02. The van der Waals surface area contributed by atoms with Gasteiger partial charge in [-0.05, 0) is 13.8 Å². The van der Waals surface area contributed by atoms with Gasteiger partial charge < -0.3 is 14.8 Å². The molecule has 0 bridgehead atoms. The van der Waals surface area contributed by atoms with Gasteiger partial charge in [0.15, 0.2) is 0 Å². The highest BCUT2D eigenvalue weighted by molar-refractivity contribution is 5.74. The maximum Gasteiger partial charge on any atom is 0.321 e. The van der Waals surface area contributed by atoms with Crippen LogP contribution in [-0.2, 0) is 11.3 Å². The van der Waals surface area contributed by atoms with Gasteiger partial charge in [0.1, 0.15) is 11.9 Å². The highest BCUT2D eigenvalue weighted by atomic mass is 16.4. The van der Waals surface area contributed by atoms with Gasteiger partial charge in [-0.25, -0.2) is 4.98 Å². The van der Waals surface area contributed by atoms with Crippen LogP contribution in [0.1, 0.15) is 32.1 Å². The zero-order chi connectivity index (χ0) is 13.3. The van der Waals surface area contributed by atoms with Crippen molar-refractivity contribution in [2.75, 3.05) is 6.54 Å². The van der Waals surface area contributed by atoms with Crippen molar-refractivity contribution in [3.05, 3.63) is 18.2 Å². The van der Waals surface area contributed by atoms with Crippen LogP contribution in [0.5, 0.6) is 0 Å². The molecule has 1 aromatic rings. The molecule has 1 aromatic heterocycles. The van der Waals surface area contributed by atoms with Gasteiger partial charge in [-0.1, -0.05) is 0 Å². The molecular weight excluding hydrogens is 234 g/mol. The fourth-order valence-corrected chi connectivity index (χ4v) is 2.43. The first kappa shape index (κ1) is 13.0. The van der Waals surface area contributed by atoms with E-state index in [1.807, 2.05) is 10.8 Å². The monoisotopic (exact) mass is 253 g/mol. The minimum Gasteiger partial charge on any atom is -0.480 e. The molecule has 6 heteroatoms.